The van der Waals surface area contributed by atoms with E-state index in [4.69, 9.17) is 14.3 Å². The molecule has 0 unspecified atom stereocenters. The molecule has 0 aliphatic carbocycles. The van der Waals surface area contributed by atoms with Gasteiger partial charge in [0.05, 0.1) is 5.39 Å². The Kier molecular flexibility index (Phi) is 8.41. The van der Waals surface area contributed by atoms with Crippen LogP contribution in [0.3, 0.4) is 0 Å². The number of carboxylic acid groups (broad SMARTS) is 1. The number of nitrogens with one attached hydrogen (secondary N) is 1. The van der Waals surface area contributed by atoms with Gasteiger partial charge in [0.1, 0.15) is 17.2 Å². The van der Waals surface area contributed by atoms with Gasteiger partial charge in [0.15, 0.2) is 11.2 Å². The van der Waals surface area contributed by atoms with Crippen molar-refractivity contribution < 1.29 is 41.1 Å². The second kappa shape index (κ2) is 11.3. The fraction of sp³-hybridized carbons (Fsp3) is 0.292. The van der Waals surface area contributed by atoms with Crippen LogP contribution in [-0.2, 0) is 11.3 Å². The minimum absolute atomic E-state index is 0.0438. The van der Waals surface area contributed by atoms with Crippen LogP contribution in [-0.4, -0.2) is 47.2 Å². The normalized spacial score (nSPS) is 14.7. The zero-order valence-electron chi connectivity index (χ0n) is 18.6. The number of hydrogen-bond donors (Lipinski definition) is 2. The number of piperidine rings is 1. The van der Waals surface area contributed by atoms with Gasteiger partial charge in [0, 0.05) is 43.4 Å². The largest absolute Gasteiger partial charge is 0.490 e. The average molecular weight is 512 g/mol. The molecule has 1 fully saturated rings. The summed E-state index contributed by atoms with van der Waals surface area (Å²) in [7, 11) is 0. The lowest BCUT2D eigenvalue weighted by molar-refractivity contribution is -0.192. The Morgan fingerprint density at radius 1 is 1.06 bits per heavy atom. The third-order valence-electron chi connectivity index (χ3n) is 5.43. The molecule has 1 aliphatic heterocycles. The Morgan fingerprint density at radius 3 is 2.31 bits per heavy atom. The van der Waals surface area contributed by atoms with Gasteiger partial charge in [-0.25, -0.2) is 13.6 Å². The van der Waals surface area contributed by atoms with Crippen molar-refractivity contribution in [2.45, 2.75) is 31.6 Å². The van der Waals surface area contributed by atoms with Crippen LogP contribution in [0.4, 0.5) is 22.0 Å². The van der Waals surface area contributed by atoms with Crippen molar-refractivity contribution in [2.75, 3.05) is 13.1 Å². The van der Waals surface area contributed by atoms with Gasteiger partial charge in [0.25, 0.3) is 5.91 Å². The summed E-state index contributed by atoms with van der Waals surface area (Å²) in [6.07, 6.45) is -3.68. The Labute approximate surface area is 201 Å². The summed E-state index contributed by atoms with van der Waals surface area (Å²) in [6.45, 7) is 1.96. The summed E-state index contributed by atoms with van der Waals surface area (Å²) in [4.78, 5) is 35.7. The Bertz CT molecular complexity index is 1300. The topological polar surface area (TPSA) is 99.9 Å². The zero-order valence-corrected chi connectivity index (χ0v) is 18.6. The molecule has 7 nitrogen and oxygen atoms in total. The van der Waals surface area contributed by atoms with Crippen LogP contribution < -0.4 is 10.7 Å². The number of nitrogens with zero attached hydrogens (tertiary/aromatic N) is 1. The van der Waals surface area contributed by atoms with E-state index in [1.807, 2.05) is 6.07 Å². The van der Waals surface area contributed by atoms with Gasteiger partial charge in [-0.05, 0) is 31.0 Å². The van der Waals surface area contributed by atoms with Crippen LogP contribution in [0.1, 0.15) is 29.0 Å². The van der Waals surface area contributed by atoms with Crippen LogP contribution in [0.25, 0.3) is 11.0 Å². The first kappa shape index (κ1) is 26.8. The van der Waals surface area contributed by atoms with E-state index in [0.29, 0.717) is 38.0 Å². The van der Waals surface area contributed by atoms with E-state index in [1.165, 1.54) is 18.2 Å². The number of halogens is 5. The molecule has 2 N–H and O–H groups in total. The first-order valence-electron chi connectivity index (χ1n) is 10.7. The molecule has 2 aromatic carbocycles. The Morgan fingerprint density at radius 2 is 1.69 bits per heavy atom. The van der Waals surface area contributed by atoms with Crippen LogP contribution in [0.5, 0.6) is 0 Å². The van der Waals surface area contributed by atoms with E-state index in [2.05, 4.69) is 10.2 Å². The molecule has 4 rings (SSSR count). The van der Waals surface area contributed by atoms with Gasteiger partial charge in [-0.15, -0.1) is 0 Å². The van der Waals surface area contributed by atoms with Crippen molar-refractivity contribution >= 4 is 22.8 Å². The van der Waals surface area contributed by atoms with E-state index in [9.17, 15) is 31.5 Å². The molecule has 1 aromatic heterocycles. The van der Waals surface area contributed by atoms with Crippen LogP contribution in [0.15, 0.2) is 57.7 Å². The predicted octanol–water partition coefficient (Wildman–Crippen LogP) is 4.10. The number of rotatable bonds is 4. The maximum atomic E-state index is 13.8. The molecule has 0 saturated carbocycles. The third-order valence-corrected chi connectivity index (χ3v) is 5.43. The highest BCUT2D eigenvalue weighted by atomic mass is 19.4. The van der Waals surface area contributed by atoms with E-state index in [1.54, 1.807) is 12.1 Å². The predicted molar refractivity (Wildman–Crippen MR) is 118 cm³/mol. The van der Waals surface area contributed by atoms with Crippen molar-refractivity contribution in [2.24, 2.45) is 0 Å². The molecule has 2 heterocycles. The highest BCUT2D eigenvalue weighted by Crippen LogP contribution is 2.18. The smallest absolute Gasteiger partial charge is 0.475 e. The molecule has 0 spiro atoms. The first-order valence-corrected chi connectivity index (χ1v) is 10.7. The minimum Gasteiger partial charge on any atom is -0.475 e. The standard InChI is InChI=1S/C22H20F2N2O3.C2HF3O2/c23-15-5-6-17-19(27)12-21(29-20(17)11-15)22(28)25-16-7-9-26(10-8-16)13-14-3-1-2-4-18(14)24;3-2(4,5)1(6)7/h1-6,11-12,16H,7-10,13H2,(H,25,28);(H,6,7). The molecule has 0 radical (unpaired) electrons. The van der Waals surface area contributed by atoms with E-state index < -0.39 is 29.3 Å². The molecular weight excluding hydrogens is 491 g/mol. The third kappa shape index (κ3) is 7.11. The van der Waals surface area contributed by atoms with Crippen molar-refractivity contribution in [1.82, 2.24) is 10.2 Å². The number of hydrogen-bond acceptors (Lipinski definition) is 5. The number of carboxylic acids is 1. The average Bonchev–Trinajstić information content (AvgIpc) is 2.81. The quantitative estimate of drug-likeness (QED) is 0.511. The van der Waals surface area contributed by atoms with Crippen molar-refractivity contribution in [3.05, 3.63) is 81.7 Å². The highest BCUT2D eigenvalue weighted by Gasteiger charge is 2.38. The van der Waals surface area contributed by atoms with Crippen LogP contribution in [0, 0.1) is 11.6 Å². The van der Waals surface area contributed by atoms with Gasteiger partial charge in [-0.2, -0.15) is 13.2 Å². The number of carbonyl (C=O) groups is 2. The number of aliphatic carboxylic acids is 1. The fourth-order valence-corrected chi connectivity index (χ4v) is 3.60. The molecule has 3 aromatic rings. The van der Waals surface area contributed by atoms with E-state index in [-0.39, 0.29) is 28.6 Å². The summed E-state index contributed by atoms with van der Waals surface area (Å²) >= 11 is 0. The molecule has 192 valence electrons. The Hall–Kier alpha value is -3.80. The summed E-state index contributed by atoms with van der Waals surface area (Å²) in [5.74, 6) is -4.15. The molecule has 0 atom stereocenters. The minimum atomic E-state index is -5.08. The molecule has 36 heavy (non-hydrogen) atoms. The number of fused-ring (bicyclic) bond motifs is 1. The highest BCUT2D eigenvalue weighted by molar-refractivity contribution is 5.93. The maximum absolute atomic E-state index is 13.8. The summed E-state index contributed by atoms with van der Waals surface area (Å²) in [5.41, 5.74) is 0.304. The van der Waals surface area contributed by atoms with Crippen LogP contribution in [0.2, 0.25) is 0 Å². The second-order valence-electron chi connectivity index (χ2n) is 8.03. The summed E-state index contributed by atoms with van der Waals surface area (Å²) in [5, 5.41) is 10.2. The van der Waals surface area contributed by atoms with Crippen molar-refractivity contribution in [3.8, 4) is 0 Å². The van der Waals surface area contributed by atoms with Crippen LogP contribution >= 0.6 is 0 Å². The van der Waals surface area contributed by atoms with Gasteiger partial charge < -0.3 is 14.8 Å². The number of amides is 1. The Balaban J connectivity index is 0.000000454. The monoisotopic (exact) mass is 512 g/mol. The molecule has 12 heteroatoms. The van der Waals surface area contributed by atoms with E-state index in [0.717, 1.165) is 12.1 Å². The summed E-state index contributed by atoms with van der Waals surface area (Å²) < 4.78 is 64.4. The van der Waals surface area contributed by atoms with Gasteiger partial charge in [-0.1, -0.05) is 18.2 Å². The lowest BCUT2D eigenvalue weighted by atomic mass is 10.0. The number of carbonyl (C=O) groups excluding carboxylic acids is 1. The van der Waals surface area contributed by atoms with Gasteiger partial charge in [0.2, 0.25) is 0 Å². The maximum Gasteiger partial charge on any atom is 0.490 e. The number of likely N-dealkylation sites (tertiary alicyclic amines) is 1. The lowest BCUT2D eigenvalue weighted by Gasteiger charge is -2.32. The number of benzene rings is 2. The molecule has 1 saturated heterocycles. The number of alkyl halides is 3. The SMILES string of the molecule is O=C(NC1CCN(Cc2ccccc2F)CC1)c1cc(=O)c2ccc(F)cc2o1.O=C(O)C(F)(F)F. The molecule has 0 bridgehead atoms. The van der Waals surface area contributed by atoms with E-state index >= 15 is 0 Å². The van der Waals surface area contributed by atoms with Gasteiger partial charge >= 0.3 is 12.1 Å². The lowest BCUT2D eigenvalue weighted by Crippen LogP contribution is -2.44. The first-order chi connectivity index (χ1) is 16.9. The summed E-state index contributed by atoms with van der Waals surface area (Å²) in [6, 6.07) is 11.4. The fourth-order valence-electron chi connectivity index (χ4n) is 3.60. The van der Waals surface area contributed by atoms with Gasteiger partial charge in [-0.3, -0.25) is 14.5 Å². The van der Waals surface area contributed by atoms with Crippen molar-refractivity contribution in [1.29, 1.82) is 0 Å². The zero-order chi connectivity index (χ0) is 26.5. The van der Waals surface area contributed by atoms with Crippen molar-refractivity contribution in [3.63, 3.8) is 0 Å². The molecule has 1 aliphatic rings. The molecule has 1 amide bonds. The molecular formula is C24H21F5N2O5. The second-order valence-corrected chi connectivity index (χ2v) is 8.03.